The Morgan fingerprint density at radius 3 is 2.30 bits per heavy atom. The van der Waals surface area contributed by atoms with Crippen LogP contribution in [0, 0.1) is 0 Å². The van der Waals surface area contributed by atoms with Gasteiger partial charge in [0, 0.05) is 6.42 Å². The molecule has 0 aromatic heterocycles. The number of methoxy groups -OCH3 is 1. The molecule has 6 nitrogen and oxygen atoms in total. The van der Waals surface area contributed by atoms with Crippen LogP contribution >= 0.6 is 11.8 Å². The fraction of sp³-hybridized carbons (Fsp3) is 0.769. The first-order chi connectivity index (χ1) is 9.19. The molecule has 0 bridgehead atoms. The van der Waals surface area contributed by atoms with Gasteiger partial charge in [0.25, 0.3) is 0 Å². The molecule has 0 spiro atoms. The molecule has 0 saturated carbocycles. The number of hydrogen-bond donors (Lipinski definition) is 1. The summed E-state index contributed by atoms with van der Waals surface area (Å²) < 4.78 is 9.63. The van der Waals surface area contributed by atoms with Crippen molar-refractivity contribution in [3.8, 4) is 0 Å². The van der Waals surface area contributed by atoms with E-state index in [1.54, 1.807) is 20.8 Å². The van der Waals surface area contributed by atoms with E-state index in [0.29, 0.717) is 5.75 Å². The number of carbonyl (C=O) groups is 3. The average molecular weight is 305 g/mol. The molecule has 0 aliphatic rings. The van der Waals surface area contributed by atoms with Gasteiger partial charge in [-0.15, -0.1) is 0 Å². The summed E-state index contributed by atoms with van der Waals surface area (Å²) in [6, 6.07) is -0.756. The minimum absolute atomic E-state index is 0.0625. The predicted molar refractivity (Wildman–Crippen MR) is 77.5 cm³/mol. The van der Waals surface area contributed by atoms with Gasteiger partial charge < -0.3 is 14.8 Å². The Hall–Kier alpha value is -1.24. The molecule has 0 fully saturated rings. The molecule has 0 aromatic carbocycles. The molecule has 0 heterocycles. The van der Waals surface area contributed by atoms with Gasteiger partial charge in [-0.3, -0.25) is 9.59 Å². The van der Waals surface area contributed by atoms with E-state index in [4.69, 9.17) is 4.74 Å². The Balaban J connectivity index is 4.56. The molecule has 0 radical (unpaired) electrons. The summed E-state index contributed by atoms with van der Waals surface area (Å²) in [5, 5.41) is 2.31. The highest BCUT2D eigenvalue weighted by molar-refractivity contribution is 8.13. The predicted octanol–water partition coefficient (Wildman–Crippen LogP) is 2.11. The van der Waals surface area contributed by atoms with Gasteiger partial charge in [0.15, 0.2) is 0 Å². The van der Waals surface area contributed by atoms with Crippen LogP contribution in [-0.4, -0.2) is 41.7 Å². The Morgan fingerprint density at radius 1 is 1.25 bits per heavy atom. The van der Waals surface area contributed by atoms with Gasteiger partial charge in [0.05, 0.1) is 7.11 Å². The third kappa shape index (κ3) is 8.79. The standard InChI is InChI=1S/C13H23NO5S/c1-6-20-11(16)9(7-8-10(15)18-5)14-12(17)19-13(2,3)4/h9H,6-8H2,1-5H3,(H,14,17)/t9-/m0/s1. The number of amides is 1. The highest BCUT2D eigenvalue weighted by Crippen LogP contribution is 2.12. The summed E-state index contributed by atoms with van der Waals surface area (Å²) in [4.78, 5) is 34.7. The topological polar surface area (TPSA) is 81.7 Å². The van der Waals surface area contributed by atoms with Crippen molar-refractivity contribution < 1.29 is 23.9 Å². The smallest absolute Gasteiger partial charge is 0.408 e. The van der Waals surface area contributed by atoms with Crippen molar-refractivity contribution in [3.05, 3.63) is 0 Å². The second-order valence-electron chi connectivity index (χ2n) is 5.07. The van der Waals surface area contributed by atoms with Gasteiger partial charge in [-0.2, -0.15) is 0 Å². The summed E-state index contributed by atoms with van der Waals surface area (Å²) in [5.74, 6) is 0.180. The van der Waals surface area contributed by atoms with Gasteiger partial charge in [0.1, 0.15) is 11.6 Å². The van der Waals surface area contributed by atoms with E-state index in [2.05, 4.69) is 10.1 Å². The average Bonchev–Trinajstić information content (AvgIpc) is 2.31. The normalized spacial score (nSPS) is 12.4. The van der Waals surface area contributed by atoms with Crippen molar-refractivity contribution >= 4 is 28.9 Å². The summed E-state index contributed by atoms with van der Waals surface area (Å²) in [6.07, 6.45) is -0.414. The van der Waals surface area contributed by atoms with Gasteiger partial charge in [-0.05, 0) is 32.9 Å². The zero-order chi connectivity index (χ0) is 15.8. The maximum absolute atomic E-state index is 11.9. The highest BCUT2D eigenvalue weighted by Gasteiger charge is 2.24. The molecule has 1 atom stereocenters. The maximum atomic E-state index is 11.9. The number of thioether (sulfide) groups is 1. The van der Waals surface area contributed by atoms with Crippen molar-refractivity contribution in [3.63, 3.8) is 0 Å². The number of alkyl carbamates (subject to hydrolysis) is 1. The van der Waals surface area contributed by atoms with Crippen molar-refractivity contribution in [1.29, 1.82) is 0 Å². The van der Waals surface area contributed by atoms with Crippen LogP contribution in [0.1, 0.15) is 40.5 Å². The number of ether oxygens (including phenoxy) is 2. The third-order valence-electron chi connectivity index (χ3n) is 2.13. The Morgan fingerprint density at radius 2 is 1.85 bits per heavy atom. The first-order valence-corrected chi connectivity index (χ1v) is 7.41. The minimum Gasteiger partial charge on any atom is -0.469 e. The summed E-state index contributed by atoms with van der Waals surface area (Å²) in [6.45, 7) is 7.04. The highest BCUT2D eigenvalue weighted by atomic mass is 32.2. The van der Waals surface area contributed by atoms with Crippen molar-refractivity contribution in [1.82, 2.24) is 5.32 Å². The van der Waals surface area contributed by atoms with Crippen LogP contribution in [-0.2, 0) is 19.1 Å². The van der Waals surface area contributed by atoms with E-state index in [9.17, 15) is 14.4 Å². The van der Waals surface area contributed by atoms with Crippen LogP contribution in [0.3, 0.4) is 0 Å². The lowest BCUT2D eigenvalue weighted by Gasteiger charge is -2.22. The number of rotatable bonds is 6. The van der Waals surface area contributed by atoms with Crippen molar-refractivity contribution in [2.24, 2.45) is 0 Å². The maximum Gasteiger partial charge on any atom is 0.408 e. The zero-order valence-corrected chi connectivity index (χ0v) is 13.5. The van der Waals surface area contributed by atoms with Crippen LogP contribution < -0.4 is 5.32 Å². The van der Waals surface area contributed by atoms with E-state index in [1.807, 2.05) is 6.92 Å². The molecule has 1 N–H and O–H groups in total. The van der Waals surface area contributed by atoms with Crippen LogP contribution in [0.25, 0.3) is 0 Å². The number of nitrogens with one attached hydrogen (secondary N) is 1. The number of esters is 1. The van der Waals surface area contributed by atoms with Gasteiger partial charge in [0.2, 0.25) is 5.12 Å². The summed E-state index contributed by atoms with van der Waals surface area (Å²) in [7, 11) is 1.28. The molecule has 0 aliphatic carbocycles. The van der Waals surface area contributed by atoms with E-state index in [0.717, 1.165) is 11.8 Å². The quantitative estimate of drug-likeness (QED) is 0.757. The molecule has 0 rings (SSSR count). The van der Waals surface area contributed by atoms with Crippen LogP contribution in [0.15, 0.2) is 0 Å². The monoisotopic (exact) mass is 305 g/mol. The van der Waals surface area contributed by atoms with Crippen molar-refractivity contribution in [2.75, 3.05) is 12.9 Å². The lowest BCUT2D eigenvalue weighted by Crippen LogP contribution is -2.43. The first kappa shape index (κ1) is 18.8. The largest absolute Gasteiger partial charge is 0.469 e. The summed E-state index contributed by atoms with van der Waals surface area (Å²) in [5.41, 5.74) is -0.641. The SMILES string of the molecule is CCSC(=O)[C@H](CCC(=O)OC)NC(=O)OC(C)(C)C. The van der Waals surface area contributed by atoms with Crippen LogP contribution in [0.5, 0.6) is 0 Å². The van der Waals surface area contributed by atoms with E-state index >= 15 is 0 Å². The second kappa shape index (κ2) is 8.84. The molecule has 0 aromatic rings. The molecule has 0 aliphatic heterocycles. The minimum atomic E-state index is -0.756. The van der Waals surface area contributed by atoms with E-state index < -0.39 is 23.7 Å². The fourth-order valence-corrected chi connectivity index (χ4v) is 1.97. The third-order valence-corrected chi connectivity index (χ3v) is 2.98. The van der Waals surface area contributed by atoms with Crippen LogP contribution in [0.4, 0.5) is 4.79 Å². The molecule has 116 valence electrons. The van der Waals surface area contributed by atoms with E-state index in [1.165, 1.54) is 7.11 Å². The fourth-order valence-electron chi connectivity index (χ4n) is 1.31. The molecular weight excluding hydrogens is 282 g/mol. The molecule has 7 heteroatoms. The zero-order valence-electron chi connectivity index (χ0n) is 12.6. The second-order valence-corrected chi connectivity index (χ2v) is 6.33. The Labute approximate surface area is 124 Å². The van der Waals surface area contributed by atoms with Gasteiger partial charge >= 0.3 is 12.1 Å². The number of hydrogen-bond acceptors (Lipinski definition) is 6. The van der Waals surface area contributed by atoms with Gasteiger partial charge in [-0.1, -0.05) is 18.7 Å². The van der Waals surface area contributed by atoms with Gasteiger partial charge in [-0.25, -0.2) is 4.79 Å². The Bertz CT molecular complexity index is 351. The number of carbonyl (C=O) groups excluding carboxylic acids is 3. The lowest BCUT2D eigenvalue weighted by atomic mass is 10.2. The molecule has 0 unspecified atom stereocenters. The first-order valence-electron chi connectivity index (χ1n) is 6.42. The molecule has 20 heavy (non-hydrogen) atoms. The van der Waals surface area contributed by atoms with Crippen molar-refractivity contribution in [2.45, 2.75) is 52.2 Å². The molecular formula is C13H23NO5S. The Kier molecular flexibility index (Phi) is 8.29. The molecule has 0 saturated heterocycles. The lowest BCUT2D eigenvalue weighted by molar-refractivity contribution is -0.140. The summed E-state index contributed by atoms with van der Waals surface area (Å²) >= 11 is 1.10. The van der Waals surface area contributed by atoms with Crippen LogP contribution in [0.2, 0.25) is 0 Å². The molecule has 1 amide bonds. The van der Waals surface area contributed by atoms with E-state index in [-0.39, 0.29) is 18.0 Å².